The highest BCUT2D eigenvalue weighted by Gasteiger charge is 2.26. The van der Waals surface area contributed by atoms with Crippen LogP contribution in [0.15, 0.2) is 42.0 Å². The van der Waals surface area contributed by atoms with E-state index in [0.29, 0.717) is 11.5 Å². The second-order valence-corrected chi connectivity index (χ2v) is 6.47. The van der Waals surface area contributed by atoms with E-state index in [1.807, 2.05) is 19.1 Å². The number of halogens is 1. The minimum Gasteiger partial charge on any atom is -0.369 e. The fourth-order valence-electron chi connectivity index (χ4n) is 2.84. The number of hydrogen-bond acceptors (Lipinski definition) is 1. The maximum absolute atomic E-state index is 13.5. The Morgan fingerprint density at radius 3 is 2.81 bits per heavy atom. The summed E-state index contributed by atoms with van der Waals surface area (Å²) in [4.78, 5) is 0. The summed E-state index contributed by atoms with van der Waals surface area (Å²) in [6, 6.07) is 5.35. The molecule has 1 fully saturated rings. The van der Waals surface area contributed by atoms with Crippen LogP contribution in [0.3, 0.4) is 0 Å². The molecule has 2 unspecified atom stereocenters. The number of rotatable bonds is 5. The van der Waals surface area contributed by atoms with Gasteiger partial charge < -0.3 is 4.74 Å². The van der Waals surface area contributed by atoms with Gasteiger partial charge in [-0.3, -0.25) is 0 Å². The molecule has 1 aromatic rings. The molecule has 3 rings (SSSR count). The lowest BCUT2D eigenvalue weighted by atomic mass is 9.89. The lowest BCUT2D eigenvalue weighted by Crippen LogP contribution is -2.13. The molecule has 2 heteroatoms. The normalized spacial score (nSPS) is 23.0. The van der Waals surface area contributed by atoms with Crippen LogP contribution in [0.1, 0.15) is 43.4 Å². The van der Waals surface area contributed by atoms with Crippen LogP contribution in [-0.2, 0) is 4.74 Å². The molecule has 0 aliphatic heterocycles. The minimum atomic E-state index is -0.148. The molecule has 0 saturated heterocycles. The third-order valence-corrected chi connectivity index (χ3v) is 4.32. The van der Waals surface area contributed by atoms with Crippen LogP contribution in [0, 0.1) is 24.6 Å². The van der Waals surface area contributed by atoms with Crippen molar-refractivity contribution in [1.82, 2.24) is 0 Å². The molecule has 1 nitrogen and oxygen atoms in total. The van der Waals surface area contributed by atoms with E-state index in [-0.39, 0.29) is 11.9 Å². The van der Waals surface area contributed by atoms with E-state index >= 15 is 0 Å². The first-order chi connectivity index (χ1) is 10.1. The quantitative estimate of drug-likeness (QED) is 0.729. The zero-order chi connectivity index (χ0) is 14.8. The van der Waals surface area contributed by atoms with Crippen LogP contribution >= 0.6 is 0 Å². The average molecular weight is 286 g/mol. The predicted molar refractivity (Wildman–Crippen MR) is 83.6 cm³/mol. The van der Waals surface area contributed by atoms with E-state index in [0.717, 1.165) is 24.5 Å². The molecule has 0 spiro atoms. The van der Waals surface area contributed by atoms with Gasteiger partial charge in [-0.15, -0.1) is 0 Å². The molecule has 0 amide bonds. The van der Waals surface area contributed by atoms with Crippen molar-refractivity contribution >= 4 is 0 Å². The Labute approximate surface area is 126 Å². The predicted octanol–water partition coefficient (Wildman–Crippen LogP) is 5.12. The van der Waals surface area contributed by atoms with E-state index < -0.39 is 0 Å². The number of hydrogen-bond donors (Lipinski definition) is 0. The standard InChI is InChI=1S/C19H23FO/c1-13-4-3-5-16(10-13)19(21-12-15-6-7-15)17-8-9-18(20)14(2)11-17/h3-5,8-9,11,13,15,19H,6-7,10,12H2,1-2H3. The van der Waals surface area contributed by atoms with Gasteiger partial charge in [-0.25, -0.2) is 4.39 Å². The third kappa shape index (κ3) is 3.62. The lowest BCUT2D eigenvalue weighted by Gasteiger charge is -2.25. The Kier molecular flexibility index (Phi) is 4.25. The lowest BCUT2D eigenvalue weighted by molar-refractivity contribution is 0.0658. The van der Waals surface area contributed by atoms with Gasteiger partial charge >= 0.3 is 0 Å². The van der Waals surface area contributed by atoms with Crippen molar-refractivity contribution in [2.45, 2.75) is 39.2 Å². The van der Waals surface area contributed by atoms with Crippen LogP contribution in [0.25, 0.3) is 0 Å². The number of ether oxygens (including phenoxy) is 1. The van der Waals surface area contributed by atoms with E-state index in [4.69, 9.17) is 4.74 Å². The molecule has 1 saturated carbocycles. The zero-order valence-electron chi connectivity index (χ0n) is 12.8. The zero-order valence-corrected chi connectivity index (χ0v) is 12.8. The summed E-state index contributed by atoms with van der Waals surface area (Å²) in [6.45, 7) is 4.85. The van der Waals surface area contributed by atoms with E-state index in [2.05, 4.69) is 25.2 Å². The summed E-state index contributed by atoms with van der Waals surface area (Å²) < 4.78 is 19.7. The molecule has 2 aliphatic rings. The second-order valence-electron chi connectivity index (χ2n) is 6.47. The van der Waals surface area contributed by atoms with Gasteiger partial charge in [0.15, 0.2) is 0 Å². The van der Waals surface area contributed by atoms with Crippen molar-refractivity contribution in [2.24, 2.45) is 11.8 Å². The Balaban J connectivity index is 1.85. The van der Waals surface area contributed by atoms with E-state index in [9.17, 15) is 4.39 Å². The molecule has 21 heavy (non-hydrogen) atoms. The van der Waals surface area contributed by atoms with Crippen molar-refractivity contribution in [2.75, 3.05) is 6.61 Å². The molecule has 0 bridgehead atoms. The Bertz CT molecular complexity index is 569. The van der Waals surface area contributed by atoms with Crippen molar-refractivity contribution in [3.8, 4) is 0 Å². The maximum Gasteiger partial charge on any atom is 0.126 e. The minimum absolute atomic E-state index is 0.0303. The largest absolute Gasteiger partial charge is 0.369 e. The highest BCUT2D eigenvalue weighted by molar-refractivity contribution is 5.34. The fraction of sp³-hybridized carbons (Fsp3) is 0.474. The first-order valence-electron chi connectivity index (χ1n) is 7.88. The summed E-state index contributed by atoms with van der Waals surface area (Å²) in [6.07, 6.45) is 10.1. The average Bonchev–Trinajstić information content (AvgIpc) is 3.27. The molecule has 0 N–H and O–H groups in total. The first-order valence-corrected chi connectivity index (χ1v) is 7.88. The molecule has 0 heterocycles. The van der Waals surface area contributed by atoms with Crippen LogP contribution in [0.4, 0.5) is 4.39 Å². The Morgan fingerprint density at radius 2 is 2.14 bits per heavy atom. The molecule has 1 aromatic carbocycles. The highest BCUT2D eigenvalue weighted by atomic mass is 19.1. The van der Waals surface area contributed by atoms with E-state index in [1.54, 1.807) is 6.07 Å². The molecule has 2 aliphatic carbocycles. The molecule has 0 aromatic heterocycles. The molecule has 112 valence electrons. The Morgan fingerprint density at radius 1 is 1.33 bits per heavy atom. The summed E-state index contributed by atoms with van der Waals surface area (Å²) in [5.74, 6) is 1.12. The van der Waals surface area contributed by atoms with Gasteiger partial charge in [0.1, 0.15) is 11.9 Å². The van der Waals surface area contributed by atoms with Gasteiger partial charge in [-0.1, -0.05) is 37.3 Å². The van der Waals surface area contributed by atoms with Crippen molar-refractivity contribution in [1.29, 1.82) is 0 Å². The van der Waals surface area contributed by atoms with Gasteiger partial charge in [0, 0.05) is 0 Å². The van der Waals surface area contributed by atoms with Crippen molar-refractivity contribution < 1.29 is 9.13 Å². The number of benzene rings is 1. The highest BCUT2D eigenvalue weighted by Crippen LogP contribution is 2.36. The van der Waals surface area contributed by atoms with Crippen LogP contribution < -0.4 is 0 Å². The summed E-state index contributed by atoms with van der Waals surface area (Å²) in [5.41, 5.74) is 3.06. The fourth-order valence-corrected chi connectivity index (χ4v) is 2.84. The topological polar surface area (TPSA) is 9.23 Å². The molecular formula is C19H23FO. The summed E-state index contributed by atoms with van der Waals surface area (Å²) in [5, 5.41) is 0. The summed E-state index contributed by atoms with van der Waals surface area (Å²) in [7, 11) is 0. The maximum atomic E-state index is 13.5. The third-order valence-electron chi connectivity index (χ3n) is 4.32. The summed E-state index contributed by atoms with van der Waals surface area (Å²) >= 11 is 0. The van der Waals surface area contributed by atoms with Gasteiger partial charge in [0.05, 0.1) is 6.61 Å². The van der Waals surface area contributed by atoms with Gasteiger partial charge in [-0.05, 0) is 60.8 Å². The molecule has 0 radical (unpaired) electrons. The van der Waals surface area contributed by atoms with Gasteiger partial charge in [-0.2, -0.15) is 0 Å². The SMILES string of the molecule is Cc1cc(C(OCC2CC2)C2=CC=CC(C)C2)ccc1F. The monoisotopic (exact) mass is 286 g/mol. The van der Waals surface area contributed by atoms with Gasteiger partial charge in [0.2, 0.25) is 0 Å². The second kappa shape index (κ2) is 6.15. The van der Waals surface area contributed by atoms with Crippen LogP contribution in [0.2, 0.25) is 0 Å². The van der Waals surface area contributed by atoms with Gasteiger partial charge in [0.25, 0.3) is 0 Å². The van der Waals surface area contributed by atoms with Crippen molar-refractivity contribution in [3.63, 3.8) is 0 Å². The van der Waals surface area contributed by atoms with Crippen molar-refractivity contribution in [3.05, 3.63) is 58.9 Å². The Hall–Kier alpha value is -1.41. The van der Waals surface area contributed by atoms with E-state index in [1.165, 1.54) is 18.4 Å². The number of aryl methyl sites for hydroxylation is 1. The van der Waals surface area contributed by atoms with Crippen LogP contribution in [-0.4, -0.2) is 6.61 Å². The molecular weight excluding hydrogens is 263 g/mol. The first kappa shape index (κ1) is 14.5. The van der Waals surface area contributed by atoms with Crippen LogP contribution in [0.5, 0.6) is 0 Å². The number of allylic oxidation sites excluding steroid dienone is 3. The smallest absolute Gasteiger partial charge is 0.126 e. The molecule has 2 atom stereocenters.